The van der Waals surface area contributed by atoms with Crippen molar-refractivity contribution in [3.05, 3.63) is 0 Å². The third kappa shape index (κ3) is 4.64. The van der Waals surface area contributed by atoms with Crippen LogP contribution in [0.15, 0.2) is 0 Å². The van der Waals surface area contributed by atoms with Gasteiger partial charge in [0.25, 0.3) is 0 Å². The number of amides is 2. The maximum Gasteiger partial charge on any atom is 0.311 e. The molecule has 1 fully saturated rings. The molecule has 1 saturated carbocycles. The molecule has 17 heavy (non-hydrogen) atoms. The van der Waals surface area contributed by atoms with Crippen LogP contribution in [0.4, 0.5) is 0 Å². The van der Waals surface area contributed by atoms with Crippen molar-refractivity contribution >= 4 is 29.5 Å². The largest absolute Gasteiger partial charge is 0.481 e. The van der Waals surface area contributed by atoms with E-state index in [1.165, 1.54) is 11.8 Å². The maximum absolute atomic E-state index is 11.4. The fourth-order valence-corrected chi connectivity index (χ4v) is 1.99. The highest BCUT2D eigenvalue weighted by molar-refractivity contribution is 7.99. The Kier molecular flexibility index (Phi) is 4.80. The first-order valence-electron chi connectivity index (χ1n) is 5.32. The van der Waals surface area contributed by atoms with E-state index in [0.717, 1.165) is 0 Å². The van der Waals surface area contributed by atoms with Crippen molar-refractivity contribution in [1.82, 2.24) is 5.32 Å². The third-order valence-electron chi connectivity index (χ3n) is 2.65. The van der Waals surface area contributed by atoms with E-state index < -0.39 is 17.3 Å². The predicted molar refractivity (Wildman–Crippen MR) is 63.4 cm³/mol. The van der Waals surface area contributed by atoms with Crippen LogP contribution in [0, 0.1) is 5.41 Å². The van der Waals surface area contributed by atoms with Crippen LogP contribution < -0.4 is 11.1 Å². The second-order valence-corrected chi connectivity index (χ2v) is 5.24. The van der Waals surface area contributed by atoms with Crippen LogP contribution in [0.25, 0.3) is 0 Å². The number of carboxylic acids is 1. The first kappa shape index (κ1) is 13.8. The number of carboxylic acid groups (broad SMARTS) is 1. The molecule has 2 amide bonds. The number of thioether (sulfide) groups is 1. The Morgan fingerprint density at radius 1 is 1.35 bits per heavy atom. The first-order chi connectivity index (χ1) is 7.96. The van der Waals surface area contributed by atoms with Gasteiger partial charge in [0.05, 0.1) is 11.2 Å². The first-order valence-corrected chi connectivity index (χ1v) is 6.48. The molecule has 0 bridgehead atoms. The normalized spacial score (nSPS) is 16.2. The van der Waals surface area contributed by atoms with Gasteiger partial charge in [-0.1, -0.05) is 0 Å². The van der Waals surface area contributed by atoms with Gasteiger partial charge in [-0.3, -0.25) is 14.4 Å². The average molecular weight is 260 g/mol. The minimum absolute atomic E-state index is 0.186. The van der Waals surface area contributed by atoms with E-state index in [0.29, 0.717) is 18.6 Å². The minimum atomic E-state index is -0.846. The van der Waals surface area contributed by atoms with Crippen LogP contribution in [0.5, 0.6) is 0 Å². The number of hydrogen-bond donors (Lipinski definition) is 3. The summed E-state index contributed by atoms with van der Waals surface area (Å²) >= 11 is 1.29. The second kappa shape index (κ2) is 5.90. The fourth-order valence-electron chi connectivity index (χ4n) is 1.31. The lowest BCUT2D eigenvalue weighted by molar-refractivity contribution is -0.143. The van der Waals surface area contributed by atoms with Crippen LogP contribution in [0.3, 0.4) is 0 Å². The molecule has 6 nitrogen and oxygen atoms in total. The van der Waals surface area contributed by atoms with Crippen LogP contribution >= 0.6 is 11.8 Å². The monoisotopic (exact) mass is 260 g/mol. The molecule has 7 heteroatoms. The smallest absolute Gasteiger partial charge is 0.311 e. The van der Waals surface area contributed by atoms with E-state index >= 15 is 0 Å². The summed E-state index contributed by atoms with van der Waals surface area (Å²) in [4.78, 5) is 32.6. The number of carbonyl (C=O) groups is 3. The molecule has 0 radical (unpaired) electrons. The van der Waals surface area contributed by atoms with Crippen molar-refractivity contribution in [2.45, 2.75) is 19.3 Å². The van der Waals surface area contributed by atoms with Crippen molar-refractivity contribution < 1.29 is 19.5 Å². The Labute approximate surface area is 103 Å². The molecule has 0 aromatic carbocycles. The van der Waals surface area contributed by atoms with Gasteiger partial charge in [-0.25, -0.2) is 0 Å². The van der Waals surface area contributed by atoms with Crippen molar-refractivity contribution in [2.24, 2.45) is 11.1 Å². The van der Waals surface area contributed by atoms with Crippen LogP contribution in [0.1, 0.15) is 19.3 Å². The Hall–Kier alpha value is -1.24. The lowest BCUT2D eigenvalue weighted by Gasteiger charge is -2.10. The lowest BCUT2D eigenvalue weighted by atomic mass is 10.1. The van der Waals surface area contributed by atoms with Crippen molar-refractivity contribution in [1.29, 1.82) is 0 Å². The van der Waals surface area contributed by atoms with Crippen LogP contribution in [-0.4, -0.2) is 40.9 Å². The van der Waals surface area contributed by atoms with Gasteiger partial charge in [0.15, 0.2) is 0 Å². The highest BCUT2D eigenvalue weighted by Crippen LogP contribution is 2.45. The summed E-state index contributed by atoms with van der Waals surface area (Å²) in [6.07, 6.45) is 1.52. The van der Waals surface area contributed by atoms with Gasteiger partial charge < -0.3 is 16.2 Å². The number of nitrogens with two attached hydrogens (primary N) is 1. The van der Waals surface area contributed by atoms with E-state index in [1.54, 1.807) is 0 Å². The zero-order chi connectivity index (χ0) is 12.9. The molecule has 0 atom stereocenters. The molecular formula is C10H16N2O4S. The van der Waals surface area contributed by atoms with Crippen molar-refractivity contribution in [2.75, 3.05) is 18.1 Å². The zero-order valence-corrected chi connectivity index (χ0v) is 10.2. The maximum atomic E-state index is 11.4. The van der Waals surface area contributed by atoms with Crippen molar-refractivity contribution in [3.8, 4) is 0 Å². The van der Waals surface area contributed by atoms with Gasteiger partial charge in [0.2, 0.25) is 11.8 Å². The van der Waals surface area contributed by atoms with E-state index in [4.69, 9.17) is 10.8 Å². The number of nitrogens with one attached hydrogen (secondary N) is 1. The van der Waals surface area contributed by atoms with E-state index in [9.17, 15) is 14.4 Å². The molecule has 96 valence electrons. The van der Waals surface area contributed by atoms with E-state index in [1.807, 2.05) is 0 Å². The molecule has 0 spiro atoms. The fraction of sp³-hybridized carbons (Fsp3) is 0.700. The molecule has 0 aromatic heterocycles. The zero-order valence-electron chi connectivity index (χ0n) is 9.40. The van der Waals surface area contributed by atoms with Gasteiger partial charge in [0.1, 0.15) is 0 Å². The molecule has 0 heterocycles. The highest BCUT2D eigenvalue weighted by atomic mass is 32.2. The quantitative estimate of drug-likeness (QED) is 0.513. The van der Waals surface area contributed by atoms with Crippen LogP contribution in [-0.2, 0) is 14.4 Å². The molecule has 1 aliphatic rings. The summed E-state index contributed by atoms with van der Waals surface area (Å²) in [6.45, 7) is 0.196. The van der Waals surface area contributed by atoms with Gasteiger partial charge in [-0.05, 0) is 12.8 Å². The van der Waals surface area contributed by atoms with Gasteiger partial charge in [0, 0.05) is 18.7 Å². The second-order valence-electron chi connectivity index (χ2n) is 4.13. The Bertz CT molecular complexity index is 328. The Balaban J connectivity index is 2.10. The molecule has 1 aliphatic carbocycles. The summed E-state index contributed by atoms with van der Waals surface area (Å²) in [6, 6.07) is 0. The SMILES string of the molecule is NC(=O)CSCCC(=O)NCC1(C(=O)O)CC1. The molecule has 0 saturated heterocycles. The number of rotatable bonds is 8. The summed E-state index contributed by atoms with van der Waals surface area (Å²) in [5.41, 5.74) is 4.21. The standard InChI is InChI=1S/C10H16N2O4S/c11-7(13)5-17-4-1-8(14)12-6-10(2-3-10)9(15)16/h1-6H2,(H2,11,13)(H,12,14)(H,15,16). The highest BCUT2D eigenvalue weighted by Gasteiger charge is 2.50. The third-order valence-corrected chi connectivity index (χ3v) is 3.63. The van der Waals surface area contributed by atoms with Crippen LogP contribution in [0.2, 0.25) is 0 Å². The lowest BCUT2D eigenvalue weighted by Crippen LogP contribution is -2.34. The summed E-state index contributed by atoms with van der Waals surface area (Å²) < 4.78 is 0. The molecule has 0 aromatic rings. The average Bonchev–Trinajstić information content (AvgIpc) is 3.02. The van der Waals surface area contributed by atoms with Crippen molar-refractivity contribution in [3.63, 3.8) is 0 Å². The Morgan fingerprint density at radius 2 is 2.00 bits per heavy atom. The van der Waals surface area contributed by atoms with E-state index in [-0.39, 0.29) is 24.6 Å². The number of primary amides is 1. The van der Waals surface area contributed by atoms with E-state index in [2.05, 4.69) is 5.32 Å². The van der Waals surface area contributed by atoms with Gasteiger partial charge in [-0.2, -0.15) is 11.8 Å². The number of carbonyl (C=O) groups excluding carboxylic acids is 2. The minimum Gasteiger partial charge on any atom is -0.481 e. The molecule has 0 unspecified atom stereocenters. The summed E-state index contributed by atoms with van der Waals surface area (Å²) in [5, 5.41) is 11.5. The molecule has 0 aliphatic heterocycles. The predicted octanol–water partition coefficient (Wildman–Crippen LogP) is -0.424. The summed E-state index contributed by atoms with van der Waals surface area (Å²) in [5.74, 6) is -0.727. The summed E-state index contributed by atoms with van der Waals surface area (Å²) in [7, 11) is 0. The molecular weight excluding hydrogens is 244 g/mol. The number of hydrogen-bond acceptors (Lipinski definition) is 4. The Morgan fingerprint density at radius 3 is 2.47 bits per heavy atom. The topological polar surface area (TPSA) is 109 Å². The van der Waals surface area contributed by atoms with Gasteiger partial charge >= 0.3 is 5.97 Å². The van der Waals surface area contributed by atoms with Gasteiger partial charge in [-0.15, -0.1) is 0 Å². The molecule has 1 rings (SSSR count). The number of aliphatic carboxylic acids is 1. The molecule has 4 N–H and O–H groups in total.